The van der Waals surface area contributed by atoms with Gasteiger partial charge in [-0.15, -0.1) is 0 Å². The summed E-state index contributed by atoms with van der Waals surface area (Å²) in [5.41, 5.74) is -0.00130. The Balaban J connectivity index is 1.98. The molecule has 2 aromatic rings. The third-order valence-electron chi connectivity index (χ3n) is 3.88. The molecule has 150 valence electrons. The van der Waals surface area contributed by atoms with Gasteiger partial charge in [-0.1, -0.05) is 30.7 Å². The first kappa shape index (κ1) is 21.7. The number of para-hydroxylation sites is 1. The van der Waals surface area contributed by atoms with Crippen LogP contribution in [0.15, 0.2) is 36.4 Å². The maximum Gasteiger partial charge on any atom is 0.279 e. The molecule has 0 saturated carbocycles. The number of halogens is 4. The fourth-order valence-corrected chi connectivity index (χ4v) is 2.80. The van der Waals surface area contributed by atoms with Crippen LogP contribution in [0.2, 0.25) is 5.02 Å². The number of hydrogen-bond donors (Lipinski definition) is 3. The predicted molar refractivity (Wildman–Crippen MR) is 101 cm³/mol. The summed E-state index contributed by atoms with van der Waals surface area (Å²) in [6.07, 6.45) is 0.696. The van der Waals surface area contributed by atoms with Gasteiger partial charge in [0.1, 0.15) is 0 Å². The molecule has 5 nitrogen and oxygen atoms in total. The Kier molecular flexibility index (Phi) is 7.83. The lowest BCUT2D eigenvalue weighted by Gasteiger charge is -2.18. The monoisotopic (exact) mass is 414 g/mol. The van der Waals surface area contributed by atoms with E-state index in [9.17, 15) is 22.8 Å². The van der Waals surface area contributed by atoms with Gasteiger partial charge in [-0.3, -0.25) is 9.59 Å². The van der Waals surface area contributed by atoms with Crippen molar-refractivity contribution in [3.05, 3.63) is 58.9 Å². The summed E-state index contributed by atoms with van der Waals surface area (Å²) in [5.74, 6) is -5.44. The van der Waals surface area contributed by atoms with Crippen molar-refractivity contribution in [2.45, 2.75) is 13.3 Å². The molecule has 0 aliphatic carbocycles. The second kappa shape index (κ2) is 10.1. The topological polar surface area (TPSA) is 62.6 Å². The van der Waals surface area contributed by atoms with Crippen LogP contribution in [-0.2, 0) is 9.59 Å². The number of nitrogens with one attached hydrogen (secondary N) is 3. The quantitative estimate of drug-likeness (QED) is 0.581. The number of amides is 2. The maximum atomic E-state index is 13.7. The van der Waals surface area contributed by atoms with Crippen molar-refractivity contribution in [3.8, 4) is 0 Å². The van der Waals surface area contributed by atoms with Crippen LogP contribution in [0.5, 0.6) is 0 Å². The van der Waals surface area contributed by atoms with Crippen LogP contribution >= 0.6 is 11.6 Å². The maximum absolute atomic E-state index is 13.7. The lowest BCUT2D eigenvalue weighted by atomic mass is 10.2. The highest BCUT2D eigenvalue weighted by Crippen LogP contribution is 2.20. The largest absolute Gasteiger partial charge is 0.320 e. The molecule has 0 radical (unpaired) electrons. The second-order valence-electron chi connectivity index (χ2n) is 6.15. The first-order valence-electron chi connectivity index (χ1n) is 8.63. The average molecular weight is 415 g/mol. The van der Waals surface area contributed by atoms with E-state index in [1.54, 1.807) is 24.3 Å². The number of carbonyl (C=O) groups is 2. The zero-order chi connectivity index (χ0) is 20.7. The molecule has 1 atom stereocenters. The first-order valence-corrected chi connectivity index (χ1v) is 9.01. The molecule has 9 heteroatoms. The molecule has 0 saturated heterocycles. The molecule has 2 amide bonds. The summed E-state index contributed by atoms with van der Waals surface area (Å²) >= 11 is 6.00. The van der Waals surface area contributed by atoms with Crippen LogP contribution < -0.4 is 15.5 Å². The normalized spacial score (nSPS) is 11.8. The Hall–Kier alpha value is -2.58. The van der Waals surface area contributed by atoms with E-state index in [4.69, 9.17) is 11.6 Å². The van der Waals surface area contributed by atoms with E-state index in [0.717, 1.165) is 12.1 Å². The van der Waals surface area contributed by atoms with Gasteiger partial charge < -0.3 is 15.5 Å². The minimum atomic E-state index is -1.66. The van der Waals surface area contributed by atoms with E-state index in [1.807, 2.05) is 6.92 Å². The molecule has 3 N–H and O–H groups in total. The van der Waals surface area contributed by atoms with Crippen LogP contribution in [0, 0.1) is 17.5 Å². The Morgan fingerprint density at radius 3 is 2.14 bits per heavy atom. The van der Waals surface area contributed by atoms with Gasteiger partial charge in [0, 0.05) is 0 Å². The number of benzene rings is 2. The van der Waals surface area contributed by atoms with E-state index >= 15 is 0 Å². The fraction of sp³-hybridized carbons (Fsp3) is 0.263. The van der Waals surface area contributed by atoms with E-state index < -0.39 is 29.0 Å². The highest BCUT2D eigenvalue weighted by Gasteiger charge is 2.20. The molecule has 0 aromatic heterocycles. The van der Waals surface area contributed by atoms with Crippen molar-refractivity contribution >= 4 is 34.8 Å². The van der Waals surface area contributed by atoms with E-state index in [2.05, 4.69) is 10.6 Å². The number of carbonyl (C=O) groups excluding carboxylic acids is 2. The summed E-state index contributed by atoms with van der Waals surface area (Å²) in [7, 11) is 0. The van der Waals surface area contributed by atoms with Crippen LogP contribution in [0.3, 0.4) is 0 Å². The Labute approximate surface area is 165 Å². The van der Waals surface area contributed by atoms with E-state index in [0.29, 0.717) is 28.6 Å². The van der Waals surface area contributed by atoms with Crippen LogP contribution in [0.1, 0.15) is 13.3 Å². The highest BCUT2D eigenvalue weighted by atomic mass is 35.5. The second-order valence-corrected chi connectivity index (χ2v) is 6.56. The number of quaternary nitrogens is 1. The molecule has 28 heavy (non-hydrogen) atoms. The summed E-state index contributed by atoms with van der Waals surface area (Å²) in [6.45, 7) is 2.22. The molecule has 0 heterocycles. The predicted octanol–water partition coefficient (Wildman–Crippen LogP) is 2.63. The number of anilines is 2. The Morgan fingerprint density at radius 1 is 0.929 bits per heavy atom. The molecule has 2 rings (SSSR count). The van der Waals surface area contributed by atoms with E-state index in [1.165, 1.54) is 0 Å². The smallest absolute Gasteiger partial charge is 0.279 e. The summed E-state index contributed by atoms with van der Waals surface area (Å²) in [5, 5.41) is 5.26. The van der Waals surface area contributed by atoms with Gasteiger partial charge in [0.25, 0.3) is 11.8 Å². The van der Waals surface area contributed by atoms with Gasteiger partial charge in [0.05, 0.1) is 22.9 Å². The van der Waals surface area contributed by atoms with Gasteiger partial charge in [0.2, 0.25) is 0 Å². The average Bonchev–Trinajstić information content (AvgIpc) is 2.64. The van der Waals surface area contributed by atoms with Gasteiger partial charge >= 0.3 is 0 Å². The zero-order valence-electron chi connectivity index (χ0n) is 15.1. The first-order chi connectivity index (χ1) is 13.3. The lowest BCUT2D eigenvalue weighted by molar-refractivity contribution is -0.883. The molecular weight excluding hydrogens is 395 g/mol. The third-order valence-corrected chi connectivity index (χ3v) is 4.21. The van der Waals surface area contributed by atoms with Crippen molar-refractivity contribution in [1.82, 2.24) is 0 Å². The van der Waals surface area contributed by atoms with Crippen molar-refractivity contribution in [3.63, 3.8) is 0 Å². The van der Waals surface area contributed by atoms with Crippen LogP contribution in [0.4, 0.5) is 24.5 Å². The van der Waals surface area contributed by atoms with Gasteiger partial charge in [-0.25, -0.2) is 13.2 Å². The van der Waals surface area contributed by atoms with Gasteiger partial charge in [-0.05, 0) is 30.7 Å². The zero-order valence-corrected chi connectivity index (χ0v) is 15.9. The van der Waals surface area contributed by atoms with Crippen LogP contribution in [0.25, 0.3) is 0 Å². The molecule has 1 unspecified atom stereocenters. The van der Waals surface area contributed by atoms with Gasteiger partial charge in [0.15, 0.2) is 30.5 Å². The molecule has 0 aliphatic rings. The molecule has 2 aromatic carbocycles. The minimum Gasteiger partial charge on any atom is -0.320 e. The summed E-state index contributed by atoms with van der Waals surface area (Å²) in [6, 6.07) is 8.41. The summed E-state index contributed by atoms with van der Waals surface area (Å²) < 4.78 is 39.9. The number of rotatable bonds is 8. The minimum absolute atomic E-state index is 0.0211. The number of hydrogen-bond acceptors (Lipinski definition) is 2. The third kappa shape index (κ3) is 5.97. The van der Waals surface area contributed by atoms with Gasteiger partial charge in [-0.2, -0.15) is 0 Å². The molecular formula is C19H20ClF3N3O2+. The van der Waals surface area contributed by atoms with Crippen molar-refractivity contribution in [2.75, 3.05) is 30.3 Å². The Morgan fingerprint density at radius 2 is 1.54 bits per heavy atom. The molecule has 0 fully saturated rings. The molecule has 0 spiro atoms. The lowest BCUT2D eigenvalue weighted by Crippen LogP contribution is -3.14. The standard InChI is InChI=1S/C19H19ClF3N3O2/c1-2-9-26(10-16(27)24-14-6-4-3-5-12(14)20)11-17(28)25-15-8-7-13(21)18(22)19(15)23/h3-8H,2,9-11H2,1H3,(H,24,27)(H,25,28)/p+1. The van der Waals surface area contributed by atoms with Crippen molar-refractivity contribution in [2.24, 2.45) is 0 Å². The SMILES string of the molecule is CCC[NH+](CC(=O)Nc1ccccc1Cl)CC(=O)Nc1ccc(F)c(F)c1F. The Bertz CT molecular complexity index is 864. The molecule has 0 bridgehead atoms. The van der Waals surface area contributed by atoms with Crippen molar-refractivity contribution < 1.29 is 27.7 Å². The summed E-state index contributed by atoms with van der Waals surface area (Å²) in [4.78, 5) is 25.0. The van der Waals surface area contributed by atoms with Crippen molar-refractivity contribution in [1.29, 1.82) is 0 Å². The fourth-order valence-electron chi connectivity index (χ4n) is 2.62. The highest BCUT2D eigenvalue weighted by molar-refractivity contribution is 6.33. The van der Waals surface area contributed by atoms with Crippen LogP contribution in [-0.4, -0.2) is 31.4 Å². The van der Waals surface area contributed by atoms with E-state index in [-0.39, 0.29) is 19.0 Å². The molecule has 0 aliphatic heterocycles.